The van der Waals surface area contributed by atoms with Crippen LogP contribution in [0.1, 0.15) is 16.7 Å². The zero-order valence-corrected chi connectivity index (χ0v) is 23.2. The molecule has 0 N–H and O–H groups in total. The monoisotopic (exact) mass is 543 g/mol. The molecule has 0 fully saturated rings. The number of fused-ring (bicyclic) bond motifs is 4. The smallest absolute Gasteiger partial charge is 0.172 e. The fourth-order valence-electron chi connectivity index (χ4n) is 6.46. The van der Waals surface area contributed by atoms with E-state index in [0.29, 0.717) is 0 Å². The second-order valence-electron chi connectivity index (χ2n) is 10.5. The Morgan fingerprint density at radius 3 is 1.66 bits per heavy atom. The number of benzene rings is 6. The maximum atomic E-state index is 15.6. The molecular weight excluding hydrogens is 517 g/mol. The molecule has 2 nitrogen and oxygen atoms in total. The average Bonchev–Trinajstić information content (AvgIpc) is 3.53. The third-order valence-electron chi connectivity index (χ3n) is 8.23. The van der Waals surface area contributed by atoms with Gasteiger partial charge in [0, 0.05) is 38.0 Å². The predicted octanol–water partition coefficient (Wildman–Crippen LogP) is 9.03. The highest BCUT2D eigenvalue weighted by molar-refractivity contribution is 7.88. The van der Waals surface area contributed by atoms with Crippen LogP contribution in [0, 0.1) is 0 Å². The van der Waals surface area contributed by atoms with E-state index < -0.39 is 7.14 Å². The van der Waals surface area contributed by atoms with Crippen molar-refractivity contribution in [1.29, 1.82) is 0 Å². The molecule has 7 aromatic rings. The number of rotatable bonds is 4. The fraction of sp³-hybridized carbons (Fsp3) is 0. The molecule has 0 radical (unpaired) electrons. The van der Waals surface area contributed by atoms with Crippen LogP contribution in [0.3, 0.4) is 0 Å². The van der Waals surface area contributed by atoms with Crippen molar-refractivity contribution in [2.24, 2.45) is 0 Å². The van der Waals surface area contributed by atoms with Gasteiger partial charge in [-0.1, -0.05) is 133 Å². The van der Waals surface area contributed by atoms with Crippen LogP contribution in [-0.2, 0) is 4.57 Å². The minimum atomic E-state index is -3.15. The molecule has 3 heteroatoms. The van der Waals surface area contributed by atoms with Crippen molar-refractivity contribution in [2.45, 2.75) is 0 Å². The third-order valence-corrected chi connectivity index (χ3v) is 11.4. The van der Waals surface area contributed by atoms with Crippen molar-refractivity contribution in [2.75, 3.05) is 0 Å². The molecule has 6 aromatic carbocycles. The van der Waals surface area contributed by atoms with Gasteiger partial charge in [0.05, 0.1) is 11.0 Å². The van der Waals surface area contributed by atoms with Gasteiger partial charge in [0.25, 0.3) is 0 Å². The average molecular weight is 544 g/mol. The number of nitrogens with zero attached hydrogens (tertiary/aromatic N) is 1. The lowest BCUT2D eigenvalue weighted by molar-refractivity contribution is 0.593. The minimum Gasteiger partial charge on any atom is -0.309 e. The third kappa shape index (κ3) is 3.55. The fourth-order valence-corrected chi connectivity index (χ4v) is 9.73. The van der Waals surface area contributed by atoms with Crippen molar-refractivity contribution in [3.8, 4) is 5.69 Å². The molecule has 8 rings (SSSR count). The molecule has 1 aliphatic rings. The molecule has 194 valence electrons. The number of para-hydroxylation sites is 2. The van der Waals surface area contributed by atoms with Crippen molar-refractivity contribution >= 4 is 50.4 Å². The van der Waals surface area contributed by atoms with Crippen molar-refractivity contribution < 1.29 is 4.57 Å². The highest BCUT2D eigenvalue weighted by Gasteiger charge is 2.43. The molecular formula is C38H26NOP. The van der Waals surface area contributed by atoms with Gasteiger partial charge in [0.15, 0.2) is 7.14 Å². The van der Waals surface area contributed by atoms with E-state index in [-0.39, 0.29) is 0 Å². The Bertz CT molecular complexity index is 2100. The van der Waals surface area contributed by atoms with Gasteiger partial charge in [-0.15, -0.1) is 0 Å². The molecule has 41 heavy (non-hydrogen) atoms. The summed E-state index contributed by atoms with van der Waals surface area (Å²) in [6.45, 7) is 0. The summed E-state index contributed by atoms with van der Waals surface area (Å²) >= 11 is 0. The summed E-state index contributed by atoms with van der Waals surface area (Å²) in [4.78, 5) is 0. The highest BCUT2D eigenvalue weighted by atomic mass is 31.2. The largest absolute Gasteiger partial charge is 0.309 e. The zero-order valence-electron chi connectivity index (χ0n) is 22.3. The summed E-state index contributed by atoms with van der Waals surface area (Å²) in [5, 5.41) is 5.15. The van der Waals surface area contributed by atoms with Gasteiger partial charge in [0.2, 0.25) is 0 Å². The Balaban J connectivity index is 1.39. The van der Waals surface area contributed by atoms with Crippen LogP contribution < -0.4 is 10.6 Å². The van der Waals surface area contributed by atoms with Gasteiger partial charge in [-0.3, -0.25) is 0 Å². The van der Waals surface area contributed by atoms with Crippen LogP contribution in [0.5, 0.6) is 0 Å². The molecule has 0 spiro atoms. The molecule has 0 bridgehead atoms. The molecule has 0 saturated heterocycles. The van der Waals surface area contributed by atoms with E-state index in [9.17, 15) is 0 Å². The molecule has 0 aliphatic carbocycles. The Labute approximate surface area is 239 Å². The van der Waals surface area contributed by atoms with E-state index in [2.05, 4.69) is 108 Å². The lowest BCUT2D eigenvalue weighted by Crippen LogP contribution is -2.15. The lowest BCUT2D eigenvalue weighted by Gasteiger charge is -2.20. The standard InChI is InChI=1S/C38H26NOP/c40-41(30-15-5-2-6-16-30)36-22-12-9-19-33(36)37(27-13-3-1-4-14-27)38(41)28-23-25-29(26-24-28)39-34-20-10-7-17-31(34)32-18-8-11-21-35(32)39/h1-26H. The summed E-state index contributed by atoms with van der Waals surface area (Å²) in [5.74, 6) is 0. The topological polar surface area (TPSA) is 22.0 Å². The summed E-state index contributed by atoms with van der Waals surface area (Å²) in [6, 6.07) is 54.3. The van der Waals surface area contributed by atoms with Crippen LogP contribution in [0.4, 0.5) is 0 Å². The molecule has 1 aliphatic heterocycles. The normalized spacial score (nSPS) is 16.4. The first-order valence-corrected chi connectivity index (χ1v) is 15.6. The van der Waals surface area contributed by atoms with Gasteiger partial charge in [-0.2, -0.15) is 0 Å². The minimum absolute atomic E-state index is 0.861. The molecule has 0 amide bonds. The van der Waals surface area contributed by atoms with Crippen molar-refractivity contribution in [3.63, 3.8) is 0 Å². The van der Waals surface area contributed by atoms with E-state index in [4.69, 9.17) is 0 Å². The quantitative estimate of drug-likeness (QED) is 0.203. The number of aromatic nitrogens is 1. The van der Waals surface area contributed by atoms with E-state index in [1.807, 2.05) is 54.6 Å². The van der Waals surface area contributed by atoms with Crippen LogP contribution in [0.15, 0.2) is 158 Å². The summed E-state index contributed by atoms with van der Waals surface area (Å²) < 4.78 is 17.9. The van der Waals surface area contributed by atoms with Crippen LogP contribution >= 0.6 is 7.14 Å². The molecule has 1 aromatic heterocycles. The van der Waals surface area contributed by atoms with Gasteiger partial charge < -0.3 is 9.13 Å². The van der Waals surface area contributed by atoms with Crippen LogP contribution in [-0.4, -0.2) is 4.57 Å². The van der Waals surface area contributed by atoms with E-state index >= 15 is 4.57 Å². The summed E-state index contributed by atoms with van der Waals surface area (Å²) in [5.41, 5.74) is 7.60. The van der Waals surface area contributed by atoms with Crippen molar-refractivity contribution in [1.82, 2.24) is 4.57 Å². The zero-order chi connectivity index (χ0) is 27.4. The van der Waals surface area contributed by atoms with Gasteiger partial charge >= 0.3 is 0 Å². The van der Waals surface area contributed by atoms with Gasteiger partial charge in [-0.25, -0.2) is 0 Å². The molecule has 2 heterocycles. The number of hydrogen-bond donors (Lipinski definition) is 0. The lowest BCUT2D eigenvalue weighted by atomic mass is 9.96. The van der Waals surface area contributed by atoms with Crippen LogP contribution in [0.2, 0.25) is 0 Å². The van der Waals surface area contributed by atoms with Crippen LogP contribution in [0.25, 0.3) is 38.4 Å². The Morgan fingerprint density at radius 1 is 0.463 bits per heavy atom. The maximum Gasteiger partial charge on any atom is 0.172 e. The molecule has 1 unspecified atom stereocenters. The first-order valence-electron chi connectivity index (χ1n) is 13.9. The second kappa shape index (κ2) is 9.34. The first kappa shape index (κ1) is 23.9. The van der Waals surface area contributed by atoms with Gasteiger partial charge in [0.1, 0.15) is 0 Å². The van der Waals surface area contributed by atoms with Gasteiger partial charge in [-0.05, 0) is 41.0 Å². The second-order valence-corrected chi connectivity index (χ2v) is 13.1. The molecule has 0 saturated carbocycles. The van der Waals surface area contributed by atoms with E-state index in [1.165, 1.54) is 21.8 Å². The Morgan fingerprint density at radius 2 is 1.00 bits per heavy atom. The summed E-state index contributed by atoms with van der Waals surface area (Å²) in [7, 11) is -3.15. The highest BCUT2D eigenvalue weighted by Crippen LogP contribution is 2.65. The van der Waals surface area contributed by atoms with Crippen molar-refractivity contribution in [3.05, 3.63) is 174 Å². The Hall–Kier alpha value is -4.91. The summed E-state index contributed by atoms with van der Waals surface area (Å²) in [6.07, 6.45) is 0. The number of hydrogen-bond acceptors (Lipinski definition) is 1. The SMILES string of the molecule is O=P1(c2ccccc2)C(c2ccc(-n3c4ccccc4c4ccccc43)cc2)=C(c2ccccc2)c2ccccc21. The van der Waals surface area contributed by atoms with E-state index in [1.54, 1.807) is 0 Å². The molecule has 1 atom stereocenters. The first-order chi connectivity index (χ1) is 20.2. The maximum absolute atomic E-state index is 15.6. The predicted molar refractivity (Wildman–Crippen MR) is 173 cm³/mol. The Kier molecular flexibility index (Phi) is 5.45. The van der Waals surface area contributed by atoms with E-state index in [0.717, 1.165) is 43.9 Å².